The molecule has 480 valence electrons. The number of allylic oxidation sites excluding steroid dienone is 14. The molecule has 6 nitrogen and oxygen atoms in total. The molecular formula is C77H136O6. The fourth-order valence-corrected chi connectivity index (χ4v) is 10.5. The van der Waals surface area contributed by atoms with Crippen molar-refractivity contribution in [2.24, 2.45) is 0 Å². The first-order valence-electron chi connectivity index (χ1n) is 36.1. The average Bonchev–Trinajstić information content (AvgIpc) is 3.49. The quantitative estimate of drug-likeness (QED) is 0.0261. The standard InChI is InChI=1S/C77H136O6/c1-4-7-10-13-16-19-22-25-28-31-34-36-38-40-43-46-49-52-55-58-61-64-67-70-76(79)82-73-74(72-81-75(78)69-66-63-60-57-54-51-48-45-42-33-30-27-24-21-18-15-12-9-6-3)83-77(80)71-68-65-62-59-56-53-50-47-44-41-39-37-35-32-29-26-23-20-17-14-11-8-5-2/h7,10,16,18-19,21,25,27-28,30,34,36,42,45,74H,4-6,8-9,11-15,17,20,22-24,26,29,31-33,35,37-41,43-44,46-73H2,1-3H3/b10-7-,19-16-,21-18-,28-25-,30-27-,36-34-,45-42-. The Morgan fingerprint density at radius 3 is 0.759 bits per heavy atom. The molecule has 0 aromatic rings. The van der Waals surface area contributed by atoms with Crippen LogP contribution >= 0.6 is 0 Å². The van der Waals surface area contributed by atoms with Gasteiger partial charge in [-0.15, -0.1) is 0 Å². The van der Waals surface area contributed by atoms with Gasteiger partial charge in [0.25, 0.3) is 0 Å². The van der Waals surface area contributed by atoms with Crippen molar-refractivity contribution in [1.82, 2.24) is 0 Å². The predicted molar refractivity (Wildman–Crippen MR) is 362 cm³/mol. The Balaban J connectivity index is 4.37. The van der Waals surface area contributed by atoms with E-state index in [1.807, 2.05) is 0 Å². The molecule has 0 aliphatic carbocycles. The van der Waals surface area contributed by atoms with Gasteiger partial charge in [-0.3, -0.25) is 14.4 Å². The van der Waals surface area contributed by atoms with E-state index >= 15 is 0 Å². The van der Waals surface area contributed by atoms with Crippen LogP contribution in [-0.2, 0) is 28.6 Å². The van der Waals surface area contributed by atoms with Crippen LogP contribution in [0, 0.1) is 0 Å². The zero-order chi connectivity index (χ0) is 59.9. The van der Waals surface area contributed by atoms with Gasteiger partial charge in [0, 0.05) is 19.3 Å². The molecule has 83 heavy (non-hydrogen) atoms. The molecular weight excluding hydrogens is 1020 g/mol. The van der Waals surface area contributed by atoms with E-state index in [1.54, 1.807) is 0 Å². The fraction of sp³-hybridized carbons (Fsp3) is 0.779. The zero-order valence-corrected chi connectivity index (χ0v) is 55.2. The van der Waals surface area contributed by atoms with Gasteiger partial charge in [-0.1, -0.05) is 337 Å². The van der Waals surface area contributed by atoms with Crippen LogP contribution in [0.25, 0.3) is 0 Å². The van der Waals surface area contributed by atoms with E-state index in [2.05, 4.69) is 106 Å². The molecule has 0 saturated heterocycles. The molecule has 0 amide bonds. The van der Waals surface area contributed by atoms with Crippen molar-refractivity contribution in [3.05, 3.63) is 85.1 Å². The molecule has 0 heterocycles. The van der Waals surface area contributed by atoms with Gasteiger partial charge < -0.3 is 14.2 Å². The van der Waals surface area contributed by atoms with Gasteiger partial charge in [0.2, 0.25) is 0 Å². The Morgan fingerprint density at radius 1 is 0.253 bits per heavy atom. The van der Waals surface area contributed by atoms with Crippen molar-refractivity contribution in [2.45, 2.75) is 374 Å². The summed E-state index contributed by atoms with van der Waals surface area (Å²) >= 11 is 0. The first-order valence-corrected chi connectivity index (χ1v) is 36.1. The molecule has 0 aromatic heterocycles. The van der Waals surface area contributed by atoms with Crippen molar-refractivity contribution in [3.8, 4) is 0 Å². The highest BCUT2D eigenvalue weighted by Crippen LogP contribution is 2.18. The van der Waals surface area contributed by atoms with E-state index in [9.17, 15) is 14.4 Å². The molecule has 0 saturated carbocycles. The average molecular weight is 1160 g/mol. The normalized spacial score (nSPS) is 12.6. The number of ether oxygens (including phenoxy) is 3. The summed E-state index contributed by atoms with van der Waals surface area (Å²) in [5, 5.41) is 0. The zero-order valence-electron chi connectivity index (χ0n) is 55.2. The van der Waals surface area contributed by atoms with Gasteiger partial charge in [0.1, 0.15) is 13.2 Å². The monoisotopic (exact) mass is 1160 g/mol. The van der Waals surface area contributed by atoms with Gasteiger partial charge in [0.05, 0.1) is 0 Å². The van der Waals surface area contributed by atoms with E-state index in [1.165, 1.54) is 225 Å². The minimum Gasteiger partial charge on any atom is -0.462 e. The lowest BCUT2D eigenvalue weighted by Crippen LogP contribution is -2.30. The Hall–Kier alpha value is -3.41. The summed E-state index contributed by atoms with van der Waals surface area (Å²) in [5.41, 5.74) is 0. The van der Waals surface area contributed by atoms with Crippen molar-refractivity contribution >= 4 is 17.9 Å². The maximum absolute atomic E-state index is 13.0. The third kappa shape index (κ3) is 69.3. The first kappa shape index (κ1) is 79.6. The van der Waals surface area contributed by atoms with Crippen LogP contribution in [0.5, 0.6) is 0 Å². The molecule has 1 unspecified atom stereocenters. The number of unbranched alkanes of at least 4 members (excludes halogenated alkanes) is 41. The van der Waals surface area contributed by atoms with E-state index in [4.69, 9.17) is 14.2 Å². The Labute approximate surface area is 515 Å². The van der Waals surface area contributed by atoms with Gasteiger partial charge in [-0.2, -0.15) is 0 Å². The molecule has 0 aromatic carbocycles. The Morgan fingerprint density at radius 2 is 0.470 bits per heavy atom. The molecule has 0 radical (unpaired) electrons. The number of rotatable bonds is 66. The fourth-order valence-electron chi connectivity index (χ4n) is 10.5. The van der Waals surface area contributed by atoms with Gasteiger partial charge >= 0.3 is 17.9 Å². The number of carbonyl (C=O) groups is 3. The molecule has 1 atom stereocenters. The summed E-state index contributed by atoms with van der Waals surface area (Å²) in [6.07, 6.45) is 94.6. The molecule has 0 fully saturated rings. The second kappa shape index (κ2) is 71.1. The summed E-state index contributed by atoms with van der Waals surface area (Å²) < 4.78 is 17.0. The lowest BCUT2D eigenvalue weighted by atomic mass is 10.0. The highest BCUT2D eigenvalue weighted by Gasteiger charge is 2.19. The SMILES string of the molecule is CC/C=C\C/C=C\C/C=C\C/C=C\CCCCCCCCCCCCC(=O)OCC(COC(=O)CCCCCCCC/C=C\C/C=C\C/C=C\CCCCC)OC(=O)CCCCCCCCCCCCCCCCCCCCCCCCC. The van der Waals surface area contributed by atoms with Gasteiger partial charge in [-0.25, -0.2) is 0 Å². The van der Waals surface area contributed by atoms with Gasteiger partial charge in [0.15, 0.2) is 6.10 Å². The molecule has 6 heteroatoms. The number of hydrogen-bond donors (Lipinski definition) is 0. The summed E-state index contributed by atoms with van der Waals surface area (Å²) in [4.78, 5) is 38.5. The van der Waals surface area contributed by atoms with Crippen molar-refractivity contribution in [1.29, 1.82) is 0 Å². The van der Waals surface area contributed by atoms with E-state index < -0.39 is 6.10 Å². The molecule has 0 spiro atoms. The van der Waals surface area contributed by atoms with Crippen LogP contribution in [0.2, 0.25) is 0 Å². The summed E-state index contributed by atoms with van der Waals surface area (Å²) in [6, 6.07) is 0. The van der Waals surface area contributed by atoms with Crippen LogP contribution in [0.3, 0.4) is 0 Å². The summed E-state index contributed by atoms with van der Waals surface area (Å²) in [5.74, 6) is -0.874. The molecule has 0 rings (SSSR count). The highest BCUT2D eigenvalue weighted by molar-refractivity contribution is 5.71. The van der Waals surface area contributed by atoms with Crippen LogP contribution in [0.4, 0.5) is 0 Å². The third-order valence-corrected chi connectivity index (χ3v) is 15.9. The van der Waals surface area contributed by atoms with E-state index in [-0.39, 0.29) is 31.1 Å². The molecule has 0 bridgehead atoms. The molecule has 0 N–H and O–H groups in total. The molecule has 0 aliphatic heterocycles. The topological polar surface area (TPSA) is 78.9 Å². The van der Waals surface area contributed by atoms with Crippen molar-refractivity contribution in [3.63, 3.8) is 0 Å². The van der Waals surface area contributed by atoms with Crippen LogP contribution in [0.15, 0.2) is 85.1 Å². The Kier molecular flexibility index (Phi) is 68.2. The van der Waals surface area contributed by atoms with Crippen LogP contribution < -0.4 is 0 Å². The number of esters is 3. The number of carbonyl (C=O) groups excluding carboxylic acids is 3. The predicted octanol–water partition coefficient (Wildman–Crippen LogP) is 25.0. The highest BCUT2D eigenvalue weighted by atomic mass is 16.6. The minimum atomic E-state index is -0.785. The van der Waals surface area contributed by atoms with Crippen LogP contribution in [-0.4, -0.2) is 37.2 Å². The second-order valence-corrected chi connectivity index (χ2v) is 24.1. The largest absolute Gasteiger partial charge is 0.462 e. The maximum Gasteiger partial charge on any atom is 0.306 e. The van der Waals surface area contributed by atoms with Crippen molar-refractivity contribution in [2.75, 3.05) is 13.2 Å². The Bertz CT molecular complexity index is 1570. The van der Waals surface area contributed by atoms with E-state index in [0.29, 0.717) is 19.3 Å². The van der Waals surface area contributed by atoms with Crippen LogP contribution in [0.1, 0.15) is 367 Å². The lowest BCUT2D eigenvalue weighted by molar-refractivity contribution is -0.167. The van der Waals surface area contributed by atoms with E-state index in [0.717, 1.165) is 103 Å². The second-order valence-electron chi connectivity index (χ2n) is 24.1. The number of hydrogen-bond acceptors (Lipinski definition) is 6. The smallest absolute Gasteiger partial charge is 0.306 e. The first-order chi connectivity index (χ1) is 41.0. The maximum atomic E-state index is 13.0. The third-order valence-electron chi connectivity index (χ3n) is 15.9. The van der Waals surface area contributed by atoms with Crippen molar-refractivity contribution < 1.29 is 28.6 Å². The lowest BCUT2D eigenvalue weighted by Gasteiger charge is -2.18. The van der Waals surface area contributed by atoms with Gasteiger partial charge in [-0.05, 0) is 96.3 Å². The summed E-state index contributed by atoms with van der Waals surface area (Å²) in [7, 11) is 0. The molecule has 0 aliphatic rings. The minimum absolute atomic E-state index is 0.0799. The summed E-state index contributed by atoms with van der Waals surface area (Å²) in [6.45, 7) is 6.55.